The van der Waals surface area contributed by atoms with Gasteiger partial charge in [-0.1, -0.05) is 18.2 Å². The lowest BCUT2D eigenvalue weighted by Crippen LogP contribution is -2.04. The molecule has 1 heterocycles. The largest absolute Gasteiger partial charge is 0.497 e. The van der Waals surface area contributed by atoms with Crippen LogP contribution in [-0.4, -0.2) is 24.2 Å². The lowest BCUT2D eigenvalue weighted by Gasteiger charge is -2.09. The number of rotatable bonds is 7. The monoisotopic (exact) mass is 336 g/mol. The summed E-state index contributed by atoms with van der Waals surface area (Å²) in [4.78, 5) is 8.72. The van der Waals surface area contributed by atoms with Crippen molar-refractivity contribution >= 4 is 17.5 Å². The van der Waals surface area contributed by atoms with E-state index in [-0.39, 0.29) is 0 Å². The molecule has 0 fully saturated rings. The molecule has 2 aromatic carbocycles. The lowest BCUT2D eigenvalue weighted by molar-refractivity contribution is 0.414. The first-order chi connectivity index (χ1) is 12.3. The van der Waals surface area contributed by atoms with Crippen molar-refractivity contribution in [2.75, 3.05) is 24.9 Å². The van der Waals surface area contributed by atoms with E-state index in [0.717, 1.165) is 28.6 Å². The molecule has 0 saturated carbocycles. The zero-order valence-electron chi connectivity index (χ0n) is 14.2. The molecule has 0 saturated heterocycles. The van der Waals surface area contributed by atoms with Gasteiger partial charge in [0.2, 0.25) is 5.95 Å². The van der Waals surface area contributed by atoms with Crippen LogP contribution in [0.4, 0.5) is 17.5 Å². The average Bonchev–Trinajstić information content (AvgIpc) is 2.67. The third kappa shape index (κ3) is 4.60. The normalized spacial score (nSPS) is 10.2. The summed E-state index contributed by atoms with van der Waals surface area (Å²) in [5, 5.41) is 6.46. The molecule has 0 aliphatic carbocycles. The summed E-state index contributed by atoms with van der Waals surface area (Å²) in [5.74, 6) is 2.89. The van der Waals surface area contributed by atoms with Crippen molar-refractivity contribution in [1.29, 1.82) is 0 Å². The van der Waals surface area contributed by atoms with E-state index in [1.807, 2.05) is 54.6 Å². The molecule has 0 unspecified atom stereocenters. The van der Waals surface area contributed by atoms with Crippen molar-refractivity contribution in [3.63, 3.8) is 0 Å². The maximum absolute atomic E-state index is 5.22. The quantitative estimate of drug-likeness (QED) is 0.683. The highest BCUT2D eigenvalue weighted by atomic mass is 16.5. The maximum Gasteiger partial charge on any atom is 0.229 e. The number of ether oxygens (including phenoxy) is 2. The van der Waals surface area contributed by atoms with Crippen LogP contribution in [0.15, 0.2) is 60.8 Å². The van der Waals surface area contributed by atoms with E-state index in [0.29, 0.717) is 12.5 Å². The molecule has 6 nitrogen and oxygen atoms in total. The Morgan fingerprint density at radius 1 is 0.920 bits per heavy atom. The fourth-order valence-electron chi connectivity index (χ4n) is 2.28. The highest BCUT2D eigenvalue weighted by Crippen LogP contribution is 2.20. The molecule has 25 heavy (non-hydrogen) atoms. The standard InChI is InChI=1S/C19H20N4O2/c1-24-16-8-6-14(7-9-16)13-21-18-10-11-20-19(23-18)22-15-4-3-5-17(12-15)25-2/h3-12H,13H2,1-2H3,(H2,20,21,22,23). The summed E-state index contributed by atoms with van der Waals surface area (Å²) in [6.45, 7) is 0.666. The van der Waals surface area contributed by atoms with Gasteiger partial charge in [-0.05, 0) is 35.9 Å². The molecule has 1 aromatic heterocycles. The highest BCUT2D eigenvalue weighted by molar-refractivity contribution is 5.57. The third-order valence-corrected chi connectivity index (χ3v) is 3.61. The SMILES string of the molecule is COc1ccc(CNc2ccnc(Nc3cccc(OC)c3)n2)cc1. The third-order valence-electron chi connectivity index (χ3n) is 3.61. The number of nitrogens with zero attached hydrogens (tertiary/aromatic N) is 2. The van der Waals surface area contributed by atoms with Crippen LogP contribution in [0.1, 0.15) is 5.56 Å². The molecule has 2 N–H and O–H groups in total. The number of nitrogens with one attached hydrogen (secondary N) is 2. The predicted molar refractivity (Wildman–Crippen MR) is 98.6 cm³/mol. The van der Waals surface area contributed by atoms with E-state index in [4.69, 9.17) is 9.47 Å². The Labute approximate surface area is 146 Å². The number of anilines is 3. The fraction of sp³-hybridized carbons (Fsp3) is 0.158. The van der Waals surface area contributed by atoms with Gasteiger partial charge in [0.1, 0.15) is 17.3 Å². The van der Waals surface area contributed by atoms with Gasteiger partial charge in [0.05, 0.1) is 14.2 Å². The van der Waals surface area contributed by atoms with Gasteiger partial charge in [-0.2, -0.15) is 4.98 Å². The molecule has 128 valence electrons. The van der Waals surface area contributed by atoms with Gasteiger partial charge < -0.3 is 20.1 Å². The van der Waals surface area contributed by atoms with Crippen LogP contribution in [0.25, 0.3) is 0 Å². The summed E-state index contributed by atoms with van der Waals surface area (Å²) in [5.41, 5.74) is 2.01. The minimum Gasteiger partial charge on any atom is -0.497 e. The lowest BCUT2D eigenvalue weighted by atomic mass is 10.2. The van der Waals surface area contributed by atoms with Crippen molar-refractivity contribution in [3.8, 4) is 11.5 Å². The molecular weight excluding hydrogens is 316 g/mol. The minimum absolute atomic E-state index is 0.521. The number of hydrogen-bond acceptors (Lipinski definition) is 6. The molecule has 3 aromatic rings. The van der Waals surface area contributed by atoms with E-state index in [1.54, 1.807) is 20.4 Å². The molecule has 0 amide bonds. The molecule has 0 radical (unpaired) electrons. The van der Waals surface area contributed by atoms with Crippen molar-refractivity contribution in [2.24, 2.45) is 0 Å². The smallest absolute Gasteiger partial charge is 0.229 e. The minimum atomic E-state index is 0.521. The van der Waals surface area contributed by atoms with Gasteiger partial charge in [-0.25, -0.2) is 4.98 Å². The van der Waals surface area contributed by atoms with Crippen molar-refractivity contribution in [1.82, 2.24) is 9.97 Å². The van der Waals surface area contributed by atoms with Gasteiger partial charge in [-0.3, -0.25) is 0 Å². The van der Waals surface area contributed by atoms with Crippen molar-refractivity contribution in [2.45, 2.75) is 6.54 Å². The molecule has 6 heteroatoms. The van der Waals surface area contributed by atoms with Crippen LogP contribution in [-0.2, 0) is 6.54 Å². The number of aromatic nitrogens is 2. The Morgan fingerprint density at radius 2 is 1.72 bits per heavy atom. The van der Waals surface area contributed by atoms with Crippen LogP contribution in [0, 0.1) is 0 Å². The summed E-state index contributed by atoms with van der Waals surface area (Å²) in [6, 6.07) is 17.4. The van der Waals surface area contributed by atoms with Crippen LogP contribution in [0.5, 0.6) is 11.5 Å². The van der Waals surface area contributed by atoms with E-state index >= 15 is 0 Å². The average molecular weight is 336 g/mol. The Kier molecular flexibility index (Phi) is 5.31. The molecular formula is C19H20N4O2. The fourth-order valence-corrected chi connectivity index (χ4v) is 2.28. The second-order valence-electron chi connectivity index (χ2n) is 5.32. The molecule has 0 aliphatic rings. The predicted octanol–water partition coefficient (Wildman–Crippen LogP) is 3.85. The maximum atomic E-state index is 5.22. The molecule has 0 bridgehead atoms. The Bertz CT molecular complexity index is 822. The molecule has 0 atom stereocenters. The second kappa shape index (κ2) is 8.01. The summed E-state index contributed by atoms with van der Waals surface area (Å²) in [6.07, 6.45) is 1.71. The number of methoxy groups -OCH3 is 2. The van der Waals surface area contributed by atoms with Crippen molar-refractivity contribution in [3.05, 3.63) is 66.4 Å². The van der Waals surface area contributed by atoms with Gasteiger partial charge in [0.15, 0.2) is 0 Å². The van der Waals surface area contributed by atoms with E-state index in [2.05, 4.69) is 20.6 Å². The first kappa shape index (κ1) is 16.6. The zero-order chi connectivity index (χ0) is 17.5. The van der Waals surface area contributed by atoms with E-state index in [1.165, 1.54) is 0 Å². The Morgan fingerprint density at radius 3 is 2.48 bits per heavy atom. The van der Waals surface area contributed by atoms with Gasteiger partial charge in [-0.15, -0.1) is 0 Å². The second-order valence-corrected chi connectivity index (χ2v) is 5.32. The molecule has 3 rings (SSSR count). The number of hydrogen-bond donors (Lipinski definition) is 2. The highest BCUT2D eigenvalue weighted by Gasteiger charge is 2.02. The Balaban J connectivity index is 1.64. The van der Waals surface area contributed by atoms with Crippen molar-refractivity contribution < 1.29 is 9.47 Å². The van der Waals surface area contributed by atoms with Crippen LogP contribution in [0.2, 0.25) is 0 Å². The van der Waals surface area contributed by atoms with Crippen LogP contribution < -0.4 is 20.1 Å². The number of benzene rings is 2. The van der Waals surface area contributed by atoms with E-state index in [9.17, 15) is 0 Å². The zero-order valence-corrected chi connectivity index (χ0v) is 14.2. The summed E-state index contributed by atoms with van der Waals surface area (Å²) >= 11 is 0. The first-order valence-electron chi connectivity index (χ1n) is 7.88. The van der Waals surface area contributed by atoms with Gasteiger partial charge in [0.25, 0.3) is 0 Å². The summed E-state index contributed by atoms with van der Waals surface area (Å²) < 4.78 is 10.4. The van der Waals surface area contributed by atoms with Crippen LogP contribution in [0.3, 0.4) is 0 Å². The topological polar surface area (TPSA) is 68.3 Å². The molecule has 0 aliphatic heterocycles. The van der Waals surface area contributed by atoms with E-state index < -0.39 is 0 Å². The Hall–Kier alpha value is -3.28. The van der Waals surface area contributed by atoms with Gasteiger partial charge >= 0.3 is 0 Å². The van der Waals surface area contributed by atoms with Crippen LogP contribution >= 0.6 is 0 Å². The molecule has 0 spiro atoms. The first-order valence-corrected chi connectivity index (χ1v) is 7.88. The van der Waals surface area contributed by atoms with Gasteiger partial charge in [0, 0.05) is 24.5 Å². The summed E-state index contributed by atoms with van der Waals surface area (Å²) in [7, 11) is 3.30.